The van der Waals surface area contributed by atoms with Gasteiger partial charge in [0.25, 0.3) is 0 Å². The molecule has 30 heavy (non-hydrogen) atoms. The van der Waals surface area contributed by atoms with Gasteiger partial charge in [-0.1, -0.05) is 36.7 Å². The van der Waals surface area contributed by atoms with E-state index in [2.05, 4.69) is 5.10 Å². The molecule has 158 valence electrons. The van der Waals surface area contributed by atoms with E-state index in [4.69, 9.17) is 21.1 Å². The number of benzene rings is 2. The molecule has 2 aromatic carbocycles. The summed E-state index contributed by atoms with van der Waals surface area (Å²) in [7, 11) is -2.01. The van der Waals surface area contributed by atoms with Crippen molar-refractivity contribution in [3.8, 4) is 22.7 Å². The standard InChI is InChI=1S/C21H21ClN2O5S/c1-4-29-21(25)17-13-18(15-8-6-7-9-20(15)30(26,27)5-2)24(23-17)14-10-11-19(28-3)16(22)12-14/h6-13H,4-5H2,1-3H3. The topological polar surface area (TPSA) is 87.5 Å². The molecule has 0 bridgehead atoms. The predicted octanol–water partition coefficient (Wildman–Crippen LogP) is 4.17. The summed E-state index contributed by atoms with van der Waals surface area (Å²) in [4.78, 5) is 12.5. The van der Waals surface area contributed by atoms with Crippen molar-refractivity contribution in [3.05, 3.63) is 59.2 Å². The zero-order valence-corrected chi connectivity index (χ0v) is 18.3. The summed E-state index contributed by atoms with van der Waals surface area (Å²) in [5.74, 6) is -0.182. The van der Waals surface area contributed by atoms with Gasteiger partial charge in [0.1, 0.15) is 5.75 Å². The van der Waals surface area contributed by atoms with Gasteiger partial charge in [0.2, 0.25) is 0 Å². The third kappa shape index (κ3) is 4.20. The second-order valence-electron chi connectivity index (χ2n) is 6.27. The number of halogens is 1. The van der Waals surface area contributed by atoms with Crippen LogP contribution in [0.4, 0.5) is 0 Å². The Bertz CT molecular complexity index is 1190. The molecule has 0 aliphatic rings. The fourth-order valence-corrected chi connectivity index (χ4v) is 4.32. The quantitative estimate of drug-likeness (QED) is 0.504. The van der Waals surface area contributed by atoms with E-state index in [-0.39, 0.29) is 22.9 Å². The number of carbonyl (C=O) groups is 1. The number of sulfone groups is 1. The van der Waals surface area contributed by atoms with Gasteiger partial charge < -0.3 is 9.47 Å². The Morgan fingerprint density at radius 1 is 1.13 bits per heavy atom. The van der Waals surface area contributed by atoms with E-state index >= 15 is 0 Å². The second kappa shape index (κ2) is 8.89. The molecule has 0 unspecified atom stereocenters. The summed E-state index contributed by atoms with van der Waals surface area (Å²) in [6.45, 7) is 3.47. The average molecular weight is 449 g/mol. The van der Waals surface area contributed by atoms with Crippen LogP contribution in [0, 0.1) is 0 Å². The first-order valence-corrected chi connectivity index (χ1v) is 11.3. The van der Waals surface area contributed by atoms with Crippen LogP contribution in [0.1, 0.15) is 24.3 Å². The van der Waals surface area contributed by atoms with Crippen LogP contribution < -0.4 is 4.74 Å². The Labute approximate surface area is 180 Å². The minimum atomic E-state index is -3.52. The molecule has 0 saturated heterocycles. The summed E-state index contributed by atoms with van der Waals surface area (Å²) in [6.07, 6.45) is 0. The number of carbonyl (C=O) groups excluding carboxylic acids is 1. The van der Waals surface area contributed by atoms with E-state index in [0.29, 0.717) is 27.7 Å². The van der Waals surface area contributed by atoms with Crippen LogP contribution in [0.2, 0.25) is 5.02 Å². The van der Waals surface area contributed by atoms with Gasteiger partial charge in [-0.15, -0.1) is 0 Å². The van der Waals surface area contributed by atoms with Crippen molar-refractivity contribution in [2.75, 3.05) is 19.5 Å². The maximum absolute atomic E-state index is 12.7. The van der Waals surface area contributed by atoms with Gasteiger partial charge in [0.05, 0.1) is 40.8 Å². The Morgan fingerprint density at radius 3 is 2.50 bits per heavy atom. The molecule has 1 aromatic heterocycles. The summed E-state index contributed by atoms with van der Waals surface area (Å²) < 4.78 is 37.1. The molecule has 3 rings (SSSR count). The third-order valence-corrected chi connectivity index (χ3v) is 6.53. The van der Waals surface area contributed by atoms with Crippen molar-refractivity contribution in [2.45, 2.75) is 18.7 Å². The number of hydrogen-bond acceptors (Lipinski definition) is 6. The first-order valence-electron chi connectivity index (χ1n) is 9.25. The second-order valence-corrected chi connectivity index (χ2v) is 8.92. The van der Waals surface area contributed by atoms with E-state index in [1.54, 1.807) is 50.2 Å². The van der Waals surface area contributed by atoms with Crippen LogP contribution >= 0.6 is 11.6 Å². The first-order chi connectivity index (χ1) is 14.3. The maximum Gasteiger partial charge on any atom is 0.358 e. The normalized spacial score (nSPS) is 11.3. The van der Waals surface area contributed by atoms with Gasteiger partial charge in [-0.25, -0.2) is 17.9 Å². The molecule has 7 nitrogen and oxygen atoms in total. The van der Waals surface area contributed by atoms with E-state index in [0.717, 1.165) is 0 Å². The molecule has 0 fully saturated rings. The highest BCUT2D eigenvalue weighted by molar-refractivity contribution is 7.91. The molecule has 0 saturated carbocycles. The highest BCUT2D eigenvalue weighted by Crippen LogP contribution is 2.33. The number of rotatable bonds is 7. The molecule has 3 aromatic rings. The number of ether oxygens (including phenoxy) is 2. The maximum atomic E-state index is 12.7. The predicted molar refractivity (Wildman–Crippen MR) is 114 cm³/mol. The fraction of sp³-hybridized carbons (Fsp3) is 0.238. The van der Waals surface area contributed by atoms with E-state index in [1.165, 1.54) is 23.9 Å². The molecule has 1 heterocycles. The van der Waals surface area contributed by atoms with Gasteiger partial charge in [0, 0.05) is 5.56 Å². The van der Waals surface area contributed by atoms with Crippen molar-refractivity contribution < 1.29 is 22.7 Å². The number of aromatic nitrogens is 2. The molecule has 9 heteroatoms. The third-order valence-electron chi connectivity index (χ3n) is 4.45. The minimum absolute atomic E-state index is 0.0579. The van der Waals surface area contributed by atoms with Crippen molar-refractivity contribution >= 4 is 27.4 Å². The highest BCUT2D eigenvalue weighted by Gasteiger charge is 2.23. The van der Waals surface area contributed by atoms with Gasteiger partial charge in [0.15, 0.2) is 15.5 Å². The number of methoxy groups -OCH3 is 1. The SMILES string of the molecule is CCOC(=O)c1cc(-c2ccccc2S(=O)(=O)CC)n(-c2ccc(OC)c(Cl)c2)n1. The van der Waals surface area contributed by atoms with E-state index in [9.17, 15) is 13.2 Å². The highest BCUT2D eigenvalue weighted by atomic mass is 35.5. The lowest BCUT2D eigenvalue weighted by Gasteiger charge is -2.13. The molecule has 0 N–H and O–H groups in total. The van der Waals surface area contributed by atoms with Crippen LogP contribution in [0.15, 0.2) is 53.4 Å². The number of nitrogens with zero attached hydrogens (tertiary/aromatic N) is 2. The van der Waals surface area contributed by atoms with E-state index in [1.807, 2.05) is 0 Å². The van der Waals surface area contributed by atoms with Gasteiger partial charge in [-0.2, -0.15) is 5.10 Å². The zero-order valence-electron chi connectivity index (χ0n) is 16.8. The average Bonchev–Trinajstić information content (AvgIpc) is 3.19. The van der Waals surface area contributed by atoms with Crippen LogP contribution in [0.25, 0.3) is 16.9 Å². The molecule has 0 atom stereocenters. The largest absolute Gasteiger partial charge is 0.495 e. The lowest BCUT2D eigenvalue weighted by Crippen LogP contribution is -2.08. The van der Waals surface area contributed by atoms with E-state index < -0.39 is 15.8 Å². The summed E-state index contributed by atoms with van der Waals surface area (Å²) in [5.41, 5.74) is 1.44. The molecule has 0 radical (unpaired) electrons. The zero-order chi connectivity index (χ0) is 21.9. The fourth-order valence-electron chi connectivity index (χ4n) is 2.97. The summed E-state index contributed by atoms with van der Waals surface area (Å²) >= 11 is 6.27. The monoisotopic (exact) mass is 448 g/mol. The molecular formula is C21H21ClN2O5S. The van der Waals surface area contributed by atoms with Crippen LogP contribution in [0.3, 0.4) is 0 Å². The lowest BCUT2D eigenvalue weighted by atomic mass is 10.1. The lowest BCUT2D eigenvalue weighted by molar-refractivity contribution is 0.0519. The summed E-state index contributed by atoms with van der Waals surface area (Å²) in [5, 5.41) is 4.72. The Kier molecular flexibility index (Phi) is 6.48. The van der Waals surface area contributed by atoms with Crippen molar-refractivity contribution in [3.63, 3.8) is 0 Å². The number of hydrogen-bond donors (Lipinski definition) is 0. The Morgan fingerprint density at radius 2 is 1.87 bits per heavy atom. The van der Waals surface area contributed by atoms with Crippen LogP contribution in [-0.2, 0) is 14.6 Å². The Hall–Kier alpha value is -2.84. The smallest absolute Gasteiger partial charge is 0.358 e. The van der Waals surface area contributed by atoms with Gasteiger partial charge >= 0.3 is 5.97 Å². The first kappa shape index (κ1) is 21.9. The molecule has 0 amide bonds. The Balaban J connectivity index is 2.27. The molecule has 0 spiro atoms. The minimum Gasteiger partial charge on any atom is -0.495 e. The van der Waals surface area contributed by atoms with Gasteiger partial charge in [-0.05, 0) is 37.3 Å². The molecule has 0 aliphatic carbocycles. The van der Waals surface area contributed by atoms with Crippen molar-refractivity contribution in [2.24, 2.45) is 0 Å². The van der Waals surface area contributed by atoms with Crippen LogP contribution in [0.5, 0.6) is 5.75 Å². The molecule has 0 aliphatic heterocycles. The number of esters is 1. The van der Waals surface area contributed by atoms with Gasteiger partial charge in [-0.3, -0.25) is 0 Å². The van der Waals surface area contributed by atoms with Crippen molar-refractivity contribution in [1.29, 1.82) is 0 Å². The summed E-state index contributed by atoms with van der Waals surface area (Å²) in [6, 6.07) is 13.1. The van der Waals surface area contributed by atoms with Crippen LogP contribution in [-0.4, -0.2) is 43.6 Å². The molecular weight excluding hydrogens is 428 g/mol. The van der Waals surface area contributed by atoms with Crippen molar-refractivity contribution in [1.82, 2.24) is 9.78 Å².